The molecule has 3 aromatic rings. The molecule has 0 bridgehead atoms. The third-order valence-electron chi connectivity index (χ3n) is 6.49. The third kappa shape index (κ3) is 5.77. The molecule has 186 valence electrons. The molecule has 2 aliphatic rings. The Morgan fingerprint density at radius 3 is 2.42 bits per heavy atom. The Morgan fingerprint density at radius 1 is 0.917 bits per heavy atom. The van der Waals surface area contributed by atoms with Crippen molar-refractivity contribution >= 4 is 29.6 Å². The van der Waals surface area contributed by atoms with Crippen molar-refractivity contribution < 1.29 is 13.6 Å². The molecule has 0 aliphatic carbocycles. The van der Waals surface area contributed by atoms with Crippen LogP contribution in [-0.4, -0.2) is 60.0 Å². The van der Waals surface area contributed by atoms with Gasteiger partial charge in [0.2, 0.25) is 0 Å². The second kappa shape index (κ2) is 11.2. The maximum absolute atomic E-state index is 14.0. The number of rotatable bonds is 7. The Bertz CT molecular complexity index is 1230. The lowest BCUT2D eigenvalue weighted by Crippen LogP contribution is -2.47. The van der Waals surface area contributed by atoms with Crippen LogP contribution >= 0.6 is 11.8 Å². The first kappa shape index (κ1) is 24.5. The quantitative estimate of drug-likeness (QED) is 0.413. The zero-order chi connectivity index (χ0) is 24.9. The number of benzene rings is 2. The van der Waals surface area contributed by atoms with E-state index in [-0.39, 0.29) is 22.9 Å². The second-order valence-corrected chi connectivity index (χ2v) is 10.1. The number of carbonyl (C=O) groups excluding carboxylic acids is 1. The first-order valence-corrected chi connectivity index (χ1v) is 13.0. The summed E-state index contributed by atoms with van der Waals surface area (Å²) in [6.45, 7) is 5.16. The van der Waals surface area contributed by atoms with Crippen molar-refractivity contribution in [2.75, 3.05) is 44.2 Å². The number of pyridine rings is 1. The van der Waals surface area contributed by atoms with Crippen molar-refractivity contribution in [2.45, 2.75) is 11.8 Å². The third-order valence-corrected chi connectivity index (χ3v) is 7.79. The predicted molar refractivity (Wildman–Crippen MR) is 140 cm³/mol. The highest BCUT2D eigenvalue weighted by Gasteiger charge is 2.37. The molecule has 2 aromatic carbocycles. The van der Waals surface area contributed by atoms with Crippen LogP contribution in [0.2, 0.25) is 0 Å². The second-order valence-electron chi connectivity index (χ2n) is 8.96. The molecule has 8 heteroatoms. The molecule has 1 atom stereocenters. The minimum absolute atomic E-state index is 0.0986. The van der Waals surface area contributed by atoms with Gasteiger partial charge in [0, 0.05) is 38.9 Å². The number of hydrogen-bond donors (Lipinski definition) is 0. The summed E-state index contributed by atoms with van der Waals surface area (Å²) in [6.07, 6.45) is 4.35. The van der Waals surface area contributed by atoms with E-state index in [0.717, 1.165) is 50.5 Å². The molecule has 3 heterocycles. The SMILES string of the molecule is O=C1/C(=C/c2cccc(F)c2)SC(c2cccc(F)c2)N1CCCN1CCN(c2ccccn2)CC1. The zero-order valence-corrected chi connectivity index (χ0v) is 20.7. The Kier molecular flexibility index (Phi) is 7.63. The van der Waals surface area contributed by atoms with Crippen molar-refractivity contribution in [3.63, 3.8) is 0 Å². The Morgan fingerprint density at radius 2 is 1.69 bits per heavy atom. The van der Waals surface area contributed by atoms with E-state index in [9.17, 15) is 13.6 Å². The average molecular weight is 507 g/mol. The molecule has 2 fully saturated rings. The molecule has 5 rings (SSSR count). The molecule has 36 heavy (non-hydrogen) atoms. The van der Waals surface area contributed by atoms with E-state index in [0.29, 0.717) is 17.0 Å². The van der Waals surface area contributed by atoms with Crippen LogP contribution in [-0.2, 0) is 4.79 Å². The molecule has 1 aromatic heterocycles. The normalized spacial score (nSPS) is 19.9. The van der Waals surface area contributed by atoms with E-state index in [1.165, 1.54) is 36.0 Å². The monoisotopic (exact) mass is 506 g/mol. The fraction of sp³-hybridized carbons (Fsp3) is 0.286. The predicted octanol–water partition coefficient (Wildman–Crippen LogP) is 5.19. The van der Waals surface area contributed by atoms with Crippen LogP contribution in [0.4, 0.5) is 14.6 Å². The largest absolute Gasteiger partial charge is 0.354 e. The standard InChI is InChI=1S/C28H28F2N4OS/c29-23-8-3-6-21(18-23)19-25-27(35)34(28(36-25)22-7-4-9-24(30)20-22)13-5-12-32-14-16-33(17-15-32)26-10-1-2-11-31-26/h1-4,6-11,18-20,28H,5,12-17H2/b25-19-. The van der Waals surface area contributed by atoms with E-state index in [2.05, 4.69) is 14.8 Å². The van der Waals surface area contributed by atoms with Gasteiger partial charge in [-0.1, -0.05) is 42.1 Å². The highest BCUT2D eigenvalue weighted by molar-refractivity contribution is 8.04. The van der Waals surface area contributed by atoms with E-state index >= 15 is 0 Å². The van der Waals surface area contributed by atoms with Crippen molar-refractivity contribution in [1.29, 1.82) is 0 Å². The topological polar surface area (TPSA) is 39.7 Å². The minimum Gasteiger partial charge on any atom is -0.354 e. The minimum atomic E-state index is -0.346. The van der Waals surface area contributed by atoms with Crippen molar-refractivity contribution in [3.8, 4) is 0 Å². The number of piperazine rings is 1. The van der Waals surface area contributed by atoms with Gasteiger partial charge in [-0.15, -0.1) is 0 Å². The summed E-state index contributed by atoms with van der Waals surface area (Å²) in [5.41, 5.74) is 1.39. The molecule has 0 radical (unpaired) electrons. The lowest BCUT2D eigenvalue weighted by atomic mass is 10.1. The lowest BCUT2D eigenvalue weighted by Gasteiger charge is -2.35. The summed E-state index contributed by atoms with van der Waals surface area (Å²) < 4.78 is 27.7. The van der Waals surface area contributed by atoms with E-state index in [1.807, 2.05) is 35.4 Å². The van der Waals surface area contributed by atoms with Crippen molar-refractivity contribution in [1.82, 2.24) is 14.8 Å². The number of thioether (sulfide) groups is 1. The van der Waals surface area contributed by atoms with Gasteiger partial charge < -0.3 is 9.80 Å². The van der Waals surface area contributed by atoms with E-state index < -0.39 is 0 Å². The van der Waals surface area contributed by atoms with Crippen LogP contribution < -0.4 is 4.90 Å². The summed E-state index contributed by atoms with van der Waals surface area (Å²) in [4.78, 5) is 24.9. The van der Waals surface area contributed by atoms with Crippen LogP contribution in [0, 0.1) is 11.6 Å². The van der Waals surface area contributed by atoms with Crippen LogP contribution in [0.1, 0.15) is 22.9 Å². The van der Waals surface area contributed by atoms with Gasteiger partial charge in [-0.05, 0) is 66.6 Å². The fourth-order valence-corrected chi connectivity index (χ4v) is 5.93. The average Bonchev–Trinajstić information content (AvgIpc) is 3.20. The number of hydrogen-bond acceptors (Lipinski definition) is 5. The van der Waals surface area contributed by atoms with Crippen molar-refractivity contribution in [3.05, 3.63) is 101 Å². The number of halogens is 2. The van der Waals surface area contributed by atoms with Gasteiger partial charge in [0.15, 0.2) is 0 Å². The van der Waals surface area contributed by atoms with Gasteiger partial charge in [-0.3, -0.25) is 9.69 Å². The molecule has 2 saturated heterocycles. The van der Waals surface area contributed by atoms with E-state index in [4.69, 9.17) is 0 Å². The number of nitrogens with zero attached hydrogens (tertiary/aromatic N) is 4. The van der Waals surface area contributed by atoms with Gasteiger partial charge in [0.05, 0.1) is 4.91 Å². The number of aromatic nitrogens is 1. The highest BCUT2D eigenvalue weighted by atomic mass is 32.2. The summed E-state index contributed by atoms with van der Waals surface area (Å²) in [5, 5.41) is -0.311. The zero-order valence-electron chi connectivity index (χ0n) is 19.9. The van der Waals surface area contributed by atoms with Gasteiger partial charge in [0.1, 0.15) is 22.8 Å². The Hall–Kier alpha value is -3.23. The lowest BCUT2D eigenvalue weighted by molar-refractivity contribution is -0.126. The molecule has 0 spiro atoms. The molecule has 5 nitrogen and oxygen atoms in total. The maximum atomic E-state index is 14.0. The molecular weight excluding hydrogens is 478 g/mol. The van der Waals surface area contributed by atoms with Crippen LogP contribution in [0.3, 0.4) is 0 Å². The number of anilines is 1. The van der Waals surface area contributed by atoms with Crippen LogP contribution in [0.15, 0.2) is 77.8 Å². The van der Waals surface area contributed by atoms with Gasteiger partial charge in [-0.2, -0.15) is 0 Å². The van der Waals surface area contributed by atoms with Gasteiger partial charge >= 0.3 is 0 Å². The number of amides is 1. The molecule has 2 aliphatic heterocycles. The maximum Gasteiger partial charge on any atom is 0.261 e. The smallest absolute Gasteiger partial charge is 0.261 e. The fourth-order valence-electron chi connectivity index (χ4n) is 4.66. The first-order chi connectivity index (χ1) is 17.6. The number of carbonyl (C=O) groups is 1. The first-order valence-electron chi connectivity index (χ1n) is 12.2. The molecule has 0 saturated carbocycles. The Labute approximate surface area is 214 Å². The Balaban J connectivity index is 1.24. The van der Waals surface area contributed by atoms with Gasteiger partial charge in [-0.25, -0.2) is 13.8 Å². The summed E-state index contributed by atoms with van der Waals surface area (Å²) >= 11 is 1.39. The summed E-state index contributed by atoms with van der Waals surface area (Å²) in [6, 6.07) is 18.6. The van der Waals surface area contributed by atoms with Crippen molar-refractivity contribution in [2.24, 2.45) is 0 Å². The summed E-state index contributed by atoms with van der Waals surface area (Å²) in [5.74, 6) is 0.237. The highest BCUT2D eigenvalue weighted by Crippen LogP contribution is 2.46. The van der Waals surface area contributed by atoms with Crippen LogP contribution in [0.5, 0.6) is 0 Å². The molecule has 1 amide bonds. The molecular formula is C28H28F2N4OS. The van der Waals surface area contributed by atoms with E-state index in [1.54, 1.807) is 24.3 Å². The van der Waals surface area contributed by atoms with Crippen LogP contribution in [0.25, 0.3) is 6.08 Å². The molecule has 1 unspecified atom stereocenters. The summed E-state index contributed by atoms with van der Waals surface area (Å²) in [7, 11) is 0. The van der Waals surface area contributed by atoms with Gasteiger partial charge in [0.25, 0.3) is 5.91 Å². The molecule has 0 N–H and O–H groups in total.